The molecule has 1 aliphatic carbocycles. The number of hydrogen-bond donors (Lipinski definition) is 0. The second-order valence-electron chi connectivity index (χ2n) is 4.78. The lowest BCUT2D eigenvalue weighted by Gasteiger charge is -2.21. The van der Waals surface area contributed by atoms with E-state index in [1.807, 2.05) is 13.0 Å². The third-order valence-corrected chi connectivity index (χ3v) is 3.40. The van der Waals surface area contributed by atoms with Gasteiger partial charge in [-0.05, 0) is 55.4 Å². The van der Waals surface area contributed by atoms with Crippen LogP contribution in [0.15, 0.2) is 18.2 Å². The molecule has 1 aromatic rings. The van der Waals surface area contributed by atoms with Crippen molar-refractivity contribution in [1.82, 2.24) is 0 Å². The lowest BCUT2D eigenvalue weighted by atomic mass is 9.83. The third-order valence-electron chi connectivity index (χ3n) is 3.40. The van der Waals surface area contributed by atoms with Gasteiger partial charge in [0.25, 0.3) is 0 Å². The van der Waals surface area contributed by atoms with Crippen LogP contribution >= 0.6 is 0 Å². The number of rotatable bonds is 2. The van der Waals surface area contributed by atoms with Gasteiger partial charge in [-0.2, -0.15) is 0 Å². The first-order chi connectivity index (χ1) is 7.65. The molecule has 0 N–H and O–H groups in total. The molecule has 0 radical (unpaired) electrons. The number of Topliss-reactive ketones (excluding diaryl/α,β-unsaturated/α-hetero) is 1. The molecule has 1 aromatic carbocycles. The van der Waals surface area contributed by atoms with E-state index >= 15 is 0 Å². The Morgan fingerprint density at radius 2 is 2.25 bits per heavy atom. The first-order valence-corrected chi connectivity index (χ1v) is 5.92. The molecular weight excluding hydrogens is 203 g/mol. The van der Waals surface area contributed by atoms with Crippen LogP contribution in [0, 0.1) is 18.7 Å². The van der Waals surface area contributed by atoms with E-state index in [0.717, 1.165) is 36.8 Å². The Bertz CT molecular complexity index is 398. The molecule has 1 nitrogen and oxygen atoms in total. The average Bonchev–Trinajstić information content (AvgIpc) is 2.24. The molecule has 2 heteroatoms. The van der Waals surface area contributed by atoms with E-state index in [1.54, 1.807) is 6.07 Å². The van der Waals surface area contributed by atoms with Gasteiger partial charge >= 0.3 is 0 Å². The second kappa shape index (κ2) is 4.77. The molecule has 0 heterocycles. The second-order valence-corrected chi connectivity index (χ2v) is 4.78. The van der Waals surface area contributed by atoms with Gasteiger partial charge in [0.2, 0.25) is 0 Å². The summed E-state index contributed by atoms with van der Waals surface area (Å²) in [5, 5.41) is 0. The number of carbonyl (C=O) groups excluding carboxylic acids is 1. The molecule has 1 fully saturated rings. The van der Waals surface area contributed by atoms with Crippen LogP contribution in [0.5, 0.6) is 0 Å². The Hall–Kier alpha value is -1.18. The number of carbonyl (C=O) groups is 1. The van der Waals surface area contributed by atoms with E-state index < -0.39 is 0 Å². The zero-order valence-electron chi connectivity index (χ0n) is 9.63. The molecule has 0 aromatic heterocycles. The summed E-state index contributed by atoms with van der Waals surface area (Å²) in [5.74, 6) is 0.606. The Morgan fingerprint density at radius 1 is 1.44 bits per heavy atom. The number of ketones is 1. The highest BCUT2D eigenvalue weighted by molar-refractivity contribution is 5.79. The van der Waals surface area contributed by atoms with Gasteiger partial charge in [0.05, 0.1) is 0 Å². The molecule has 0 amide bonds. The van der Waals surface area contributed by atoms with Crippen LogP contribution in [0.4, 0.5) is 4.39 Å². The van der Waals surface area contributed by atoms with Crippen LogP contribution in [-0.4, -0.2) is 5.78 Å². The van der Waals surface area contributed by atoms with E-state index in [0.29, 0.717) is 18.1 Å². The van der Waals surface area contributed by atoms with Crippen molar-refractivity contribution in [3.8, 4) is 0 Å². The van der Waals surface area contributed by atoms with Gasteiger partial charge in [0, 0.05) is 12.8 Å². The minimum atomic E-state index is -0.178. The molecule has 0 saturated heterocycles. The van der Waals surface area contributed by atoms with Crippen LogP contribution < -0.4 is 0 Å². The Balaban J connectivity index is 2.08. The number of benzene rings is 1. The van der Waals surface area contributed by atoms with Crippen LogP contribution in [0.2, 0.25) is 0 Å². The third kappa shape index (κ3) is 2.69. The van der Waals surface area contributed by atoms with Crippen molar-refractivity contribution in [3.63, 3.8) is 0 Å². The first kappa shape index (κ1) is 11.3. The molecule has 1 unspecified atom stereocenters. The fraction of sp³-hybridized carbons (Fsp3) is 0.500. The number of aryl methyl sites for hydroxylation is 1. The van der Waals surface area contributed by atoms with E-state index in [-0.39, 0.29) is 5.82 Å². The molecule has 2 rings (SSSR count). The Morgan fingerprint density at radius 3 is 3.00 bits per heavy atom. The molecule has 1 aliphatic rings. The zero-order valence-corrected chi connectivity index (χ0v) is 9.63. The monoisotopic (exact) mass is 220 g/mol. The standard InChI is InChI=1S/C14H17FO/c1-10-5-6-13(15)9-12(10)7-11-3-2-4-14(16)8-11/h5-6,9,11H,2-4,7-8H2,1H3. The molecule has 0 aliphatic heterocycles. The molecule has 1 saturated carbocycles. The topological polar surface area (TPSA) is 17.1 Å². The molecule has 86 valence electrons. The van der Waals surface area contributed by atoms with Gasteiger partial charge in [0.1, 0.15) is 11.6 Å². The summed E-state index contributed by atoms with van der Waals surface area (Å²) in [6.07, 6.45) is 4.35. The minimum absolute atomic E-state index is 0.178. The van der Waals surface area contributed by atoms with E-state index in [1.165, 1.54) is 6.07 Å². The quantitative estimate of drug-likeness (QED) is 0.746. The van der Waals surface area contributed by atoms with Crippen LogP contribution in [0.25, 0.3) is 0 Å². The van der Waals surface area contributed by atoms with E-state index in [4.69, 9.17) is 0 Å². The fourth-order valence-corrected chi connectivity index (χ4v) is 2.46. The summed E-state index contributed by atoms with van der Waals surface area (Å²) in [4.78, 5) is 11.3. The SMILES string of the molecule is Cc1ccc(F)cc1CC1CCCC(=O)C1. The number of hydrogen-bond acceptors (Lipinski definition) is 1. The Kier molecular flexibility index (Phi) is 3.37. The van der Waals surface area contributed by atoms with Gasteiger partial charge in [-0.25, -0.2) is 4.39 Å². The number of halogens is 1. The van der Waals surface area contributed by atoms with Gasteiger partial charge < -0.3 is 0 Å². The maximum absolute atomic E-state index is 13.1. The summed E-state index contributed by atoms with van der Waals surface area (Å²) < 4.78 is 13.1. The van der Waals surface area contributed by atoms with E-state index in [9.17, 15) is 9.18 Å². The van der Waals surface area contributed by atoms with E-state index in [2.05, 4.69) is 0 Å². The first-order valence-electron chi connectivity index (χ1n) is 5.92. The molecule has 0 bridgehead atoms. The van der Waals surface area contributed by atoms with Gasteiger partial charge in [-0.1, -0.05) is 6.07 Å². The summed E-state index contributed by atoms with van der Waals surface area (Å²) in [6, 6.07) is 4.91. The normalized spacial score (nSPS) is 21.1. The minimum Gasteiger partial charge on any atom is -0.300 e. The molecule has 0 spiro atoms. The van der Waals surface area contributed by atoms with Gasteiger partial charge in [-0.15, -0.1) is 0 Å². The van der Waals surface area contributed by atoms with Crippen molar-refractivity contribution in [2.24, 2.45) is 5.92 Å². The van der Waals surface area contributed by atoms with Crippen molar-refractivity contribution in [2.75, 3.05) is 0 Å². The summed E-state index contributed by atoms with van der Waals surface area (Å²) in [7, 11) is 0. The molecule has 16 heavy (non-hydrogen) atoms. The van der Waals surface area contributed by atoms with Crippen LogP contribution in [0.3, 0.4) is 0 Å². The van der Waals surface area contributed by atoms with Gasteiger partial charge in [-0.3, -0.25) is 4.79 Å². The van der Waals surface area contributed by atoms with Crippen molar-refractivity contribution in [2.45, 2.75) is 39.0 Å². The predicted molar refractivity (Wildman–Crippen MR) is 61.8 cm³/mol. The summed E-state index contributed by atoms with van der Waals surface area (Å²) >= 11 is 0. The lowest BCUT2D eigenvalue weighted by Crippen LogP contribution is -2.17. The highest BCUT2D eigenvalue weighted by atomic mass is 19.1. The smallest absolute Gasteiger partial charge is 0.133 e. The van der Waals surface area contributed by atoms with Crippen LogP contribution in [-0.2, 0) is 11.2 Å². The van der Waals surface area contributed by atoms with Gasteiger partial charge in [0.15, 0.2) is 0 Å². The van der Waals surface area contributed by atoms with Crippen molar-refractivity contribution in [1.29, 1.82) is 0 Å². The van der Waals surface area contributed by atoms with Crippen molar-refractivity contribution in [3.05, 3.63) is 35.1 Å². The summed E-state index contributed by atoms with van der Waals surface area (Å²) in [5.41, 5.74) is 2.18. The fourth-order valence-electron chi connectivity index (χ4n) is 2.46. The molecular formula is C14H17FO. The maximum atomic E-state index is 13.1. The maximum Gasteiger partial charge on any atom is 0.133 e. The highest BCUT2D eigenvalue weighted by Gasteiger charge is 2.20. The largest absolute Gasteiger partial charge is 0.300 e. The zero-order chi connectivity index (χ0) is 11.5. The molecule has 1 atom stereocenters. The summed E-state index contributed by atoms with van der Waals surface area (Å²) in [6.45, 7) is 2.00. The Labute approximate surface area is 95.7 Å². The van der Waals surface area contributed by atoms with Crippen molar-refractivity contribution >= 4 is 5.78 Å². The average molecular weight is 220 g/mol. The van der Waals surface area contributed by atoms with Crippen molar-refractivity contribution < 1.29 is 9.18 Å². The van der Waals surface area contributed by atoms with Crippen LogP contribution in [0.1, 0.15) is 36.8 Å². The highest BCUT2D eigenvalue weighted by Crippen LogP contribution is 2.26. The predicted octanol–water partition coefficient (Wildman–Crippen LogP) is 3.44. The lowest BCUT2D eigenvalue weighted by molar-refractivity contribution is -0.121.